The molecule has 23 heavy (non-hydrogen) atoms. The molecule has 0 saturated heterocycles. The van der Waals surface area contributed by atoms with E-state index in [1.54, 1.807) is 0 Å². The van der Waals surface area contributed by atoms with Crippen molar-refractivity contribution in [3.8, 4) is 0 Å². The highest BCUT2D eigenvalue weighted by atomic mass is 16.5. The van der Waals surface area contributed by atoms with Crippen LogP contribution in [0.2, 0.25) is 0 Å². The van der Waals surface area contributed by atoms with Crippen LogP contribution in [-0.2, 0) is 21.4 Å². The molecule has 0 aromatic heterocycles. The SMILES string of the molecule is CC(C)CCOC(C)C(=O)NCC1CC12CCc1ccccc12. The number of carbonyl (C=O) groups excluding carboxylic acids is 1. The monoisotopic (exact) mass is 315 g/mol. The number of aryl methyl sites for hydroxylation is 1. The topological polar surface area (TPSA) is 38.3 Å². The lowest BCUT2D eigenvalue weighted by Gasteiger charge is -2.16. The molecular weight excluding hydrogens is 286 g/mol. The summed E-state index contributed by atoms with van der Waals surface area (Å²) in [4.78, 5) is 12.2. The first-order valence-corrected chi connectivity index (χ1v) is 9.00. The van der Waals surface area contributed by atoms with E-state index >= 15 is 0 Å². The van der Waals surface area contributed by atoms with Gasteiger partial charge in [0.1, 0.15) is 6.10 Å². The first kappa shape index (κ1) is 16.5. The Morgan fingerprint density at radius 3 is 2.91 bits per heavy atom. The van der Waals surface area contributed by atoms with E-state index < -0.39 is 0 Å². The highest BCUT2D eigenvalue weighted by molar-refractivity contribution is 5.80. The number of fused-ring (bicyclic) bond motifs is 2. The minimum atomic E-state index is -0.348. The molecular formula is C20H29NO2. The summed E-state index contributed by atoms with van der Waals surface area (Å²) in [5, 5.41) is 3.10. The molecule has 1 aromatic carbocycles. The number of rotatable bonds is 7. The van der Waals surface area contributed by atoms with Crippen molar-refractivity contribution in [2.75, 3.05) is 13.2 Å². The van der Waals surface area contributed by atoms with Gasteiger partial charge in [-0.15, -0.1) is 0 Å². The molecule has 3 unspecified atom stereocenters. The summed E-state index contributed by atoms with van der Waals surface area (Å²) in [6.45, 7) is 7.63. The van der Waals surface area contributed by atoms with Gasteiger partial charge in [-0.1, -0.05) is 38.1 Å². The zero-order chi connectivity index (χ0) is 16.4. The van der Waals surface area contributed by atoms with Gasteiger partial charge in [0.05, 0.1) is 0 Å². The molecule has 0 radical (unpaired) electrons. The first-order valence-electron chi connectivity index (χ1n) is 9.00. The Bertz CT molecular complexity index is 569. The number of hydrogen-bond donors (Lipinski definition) is 1. The zero-order valence-electron chi connectivity index (χ0n) is 14.6. The summed E-state index contributed by atoms with van der Waals surface area (Å²) in [6, 6.07) is 8.81. The second-order valence-corrected chi connectivity index (χ2v) is 7.66. The Balaban J connectivity index is 1.45. The molecule has 1 saturated carbocycles. The third kappa shape index (κ3) is 3.45. The summed E-state index contributed by atoms with van der Waals surface area (Å²) in [6.07, 6.45) is 4.30. The van der Waals surface area contributed by atoms with Crippen LogP contribution in [0.25, 0.3) is 0 Å². The number of amides is 1. The van der Waals surface area contributed by atoms with Crippen molar-refractivity contribution in [1.82, 2.24) is 5.32 Å². The van der Waals surface area contributed by atoms with Crippen LogP contribution >= 0.6 is 0 Å². The minimum absolute atomic E-state index is 0.0297. The Kier molecular flexibility index (Phi) is 4.77. The van der Waals surface area contributed by atoms with Crippen LogP contribution < -0.4 is 5.32 Å². The molecule has 1 aromatic rings. The van der Waals surface area contributed by atoms with Crippen molar-refractivity contribution < 1.29 is 9.53 Å². The third-order valence-electron chi connectivity index (χ3n) is 5.58. The van der Waals surface area contributed by atoms with Crippen LogP contribution in [0.15, 0.2) is 24.3 Å². The number of hydrogen-bond acceptors (Lipinski definition) is 2. The van der Waals surface area contributed by atoms with Gasteiger partial charge < -0.3 is 10.1 Å². The molecule has 2 aliphatic carbocycles. The first-order chi connectivity index (χ1) is 11.0. The van der Waals surface area contributed by atoms with Crippen LogP contribution in [0.4, 0.5) is 0 Å². The lowest BCUT2D eigenvalue weighted by Crippen LogP contribution is -2.36. The highest BCUT2D eigenvalue weighted by Gasteiger charge is 2.57. The third-order valence-corrected chi connectivity index (χ3v) is 5.58. The van der Waals surface area contributed by atoms with E-state index in [2.05, 4.69) is 43.4 Å². The average molecular weight is 315 g/mol. The predicted octanol–water partition coefficient (Wildman–Crippen LogP) is 3.46. The molecule has 3 nitrogen and oxygen atoms in total. The molecule has 0 bridgehead atoms. The molecule has 1 amide bonds. The van der Waals surface area contributed by atoms with Crippen molar-refractivity contribution in [1.29, 1.82) is 0 Å². The van der Waals surface area contributed by atoms with Crippen molar-refractivity contribution in [3.63, 3.8) is 0 Å². The van der Waals surface area contributed by atoms with Gasteiger partial charge >= 0.3 is 0 Å². The maximum Gasteiger partial charge on any atom is 0.248 e. The molecule has 126 valence electrons. The molecule has 3 atom stereocenters. The van der Waals surface area contributed by atoms with E-state index in [9.17, 15) is 4.79 Å². The second-order valence-electron chi connectivity index (χ2n) is 7.66. The molecule has 1 spiro atoms. The maximum absolute atomic E-state index is 12.2. The normalized spacial score (nSPS) is 26.3. The average Bonchev–Trinajstić information content (AvgIpc) is 3.11. The standard InChI is InChI=1S/C20H29NO2/c1-14(2)9-11-23-15(3)19(22)21-13-17-12-20(17)10-8-16-6-4-5-7-18(16)20/h4-7,14-15,17H,8-13H2,1-3H3,(H,21,22). The van der Waals surface area contributed by atoms with Crippen LogP contribution in [0.5, 0.6) is 0 Å². The summed E-state index contributed by atoms with van der Waals surface area (Å²) in [5.74, 6) is 1.24. The van der Waals surface area contributed by atoms with E-state index in [1.807, 2.05) is 6.92 Å². The summed E-state index contributed by atoms with van der Waals surface area (Å²) in [5.41, 5.74) is 3.39. The van der Waals surface area contributed by atoms with Crippen LogP contribution in [-0.4, -0.2) is 25.2 Å². The number of ether oxygens (including phenoxy) is 1. The van der Waals surface area contributed by atoms with Crippen molar-refractivity contribution in [3.05, 3.63) is 35.4 Å². The van der Waals surface area contributed by atoms with Gasteiger partial charge in [-0.05, 0) is 55.6 Å². The lowest BCUT2D eigenvalue weighted by atomic mass is 9.95. The van der Waals surface area contributed by atoms with E-state index in [0.29, 0.717) is 23.9 Å². The van der Waals surface area contributed by atoms with E-state index in [0.717, 1.165) is 13.0 Å². The van der Waals surface area contributed by atoms with E-state index in [4.69, 9.17) is 4.74 Å². The van der Waals surface area contributed by atoms with Crippen LogP contribution in [0.1, 0.15) is 51.2 Å². The van der Waals surface area contributed by atoms with Gasteiger partial charge in [0.25, 0.3) is 0 Å². The van der Waals surface area contributed by atoms with Crippen molar-refractivity contribution in [2.45, 2.75) is 58.0 Å². The Morgan fingerprint density at radius 1 is 1.35 bits per heavy atom. The van der Waals surface area contributed by atoms with Gasteiger partial charge in [0.15, 0.2) is 0 Å². The van der Waals surface area contributed by atoms with Gasteiger partial charge in [0.2, 0.25) is 5.91 Å². The van der Waals surface area contributed by atoms with E-state index in [1.165, 1.54) is 30.4 Å². The van der Waals surface area contributed by atoms with Crippen LogP contribution in [0.3, 0.4) is 0 Å². The number of nitrogens with one attached hydrogen (secondary N) is 1. The smallest absolute Gasteiger partial charge is 0.248 e. The molecule has 1 N–H and O–H groups in total. The maximum atomic E-state index is 12.2. The highest BCUT2D eigenvalue weighted by Crippen LogP contribution is 2.61. The molecule has 2 aliphatic rings. The fourth-order valence-corrected chi connectivity index (χ4v) is 3.92. The molecule has 3 heteroatoms. The molecule has 3 rings (SSSR count). The Hall–Kier alpha value is -1.35. The van der Waals surface area contributed by atoms with Gasteiger partial charge in [-0.2, -0.15) is 0 Å². The molecule has 0 aliphatic heterocycles. The predicted molar refractivity (Wildman–Crippen MR) is 92.4 cm³/mol. The fourth-order valence-electron chi connectivity index (χ4n) is 3.92. The van der Waals surface area contributed by atoms with Crippen molar-refractivity contribution >= 4 is 5.91 Å². The van der Waals surface area contributed by atoms with Gasteiger partial charge in [0, 0.05) is 18.6 Å². The van der Waals surface area contributed by atoms with Crippen molar-refractivity contribution in [2.24, 2.45) is 11.8 Å². The van der Waals surface area contributed by atoms with Gasteiger partial charge in [-0.3, -0.25) is 4.79 Å². The molecule has 1 fully saturated rings. The second kappa shape index (κ2) is 6.64. The summed E-state index contributed by atoms with van der Waals surface area (Å²) in [7, 11) is 0. The summed E-state index contributed by atoms with van der Waals surface area (Å²) < 4.78 is 5.63. The summed E-state index contributed by atoms with van der Waals surface area (Å²) >= 11 is 0. The quantitative estimate of drug-likeness (QED) is 0.837. The Morgan fingerprint density at radius 2 is 2.13 bits per heavy atom. The van der Waals surface area contributed by atoms with Crippen LogP contribution in [0, 0.1) is 11.8 Å². The lowest BCUT2D eigenvalue weighted by molar-refractivity contribution is -0.132. The largest absolute Gasteiger partial charge is 0.369 e. The fraction of sp³-hybridized carbons (Fsp3) is 0.650. The minimum Gasteiger partial charge on any atom is -0.369 e. The molecule has 0 heterocycles. The van der Waals surface area contributed by atoms with E-state index in [-0.39, 0.29) is 12.0 Å². The Labute approximate surface area is 139 Å². The number of carbonyl (C=O) groups is 1. The number of benzene rings is 1. The zero-order valence-corrected chi connectivity index (χ0v) is 14.6. The van der Waals surface area contributed by atoms with Gasteiger partial charge in [-0.25, -0.2) is 0 Å².